The Bertz CT molecular complexity index is 319. The van der Waals surface area contributed by atoms with E-state index in [1.165, 1.54) is 0 Å². The first kappa shape index (κ1) is 11.6. The van der Waals surface area contributed by atoms with E-state index in [1.54, 1.807) is 6.92 Å². The van der Waals surface area contributed by atoms with Crippen LogP contribution in [0.1, 0.15) is 40.0 Å². The Morgan fingerprint density at radius 1 is 1.44 bits per heavy atom. The Labute approximate surface area is 96.5 Å². The maximum absolute atomic E-state index is 12.1. The molecule has 0 unspecified atom stereocenters. The molecule has 0 aromatic heterocycles. The van der Waals surface area contributed by atoms with Crippen molar-refractivity contribution >= 4 is 11.8 Å². The van der Waals surface area contributed by atoms with Crippen LogP contribution in [-0.2, 0) is 14.3 Å². The van der Waals surface area contributed by atoms with E-state index in [1.807, 2.05) is 0 Å². The Hall–Kier alpha value is -0.860. The standard InChI is InChI=1S/C13H20O3/c1-4-16-11(14)6-8-5-9-7-10(12(8)15)13(9,2)3/h8-10H,4-7H2,1-3H3/t8-,9+,10+/m0/s1. The summed E-state index contributed by atoms with van der Waals surface area (Å²) in [4.78, 5) is 23.5. The van der Waals surface area contributed by atoms with Crippen molar-refractivity contribution in [2.75, 3.05) is 6.61 Å². The van der Waals surface area contributed by atoms with E-state index in [2.05, 4.69) is 13.8 Å². The summed E-state index contributed by atoms with van der Waals surface area (Å²) >= 11 is 0. The molecule has 0 aliphatic heterocycles. The van der Waals surface area contributed by atoms with Gasteiger partial charge in [0.25, 0.3) is 0 Å². The molecule has 3 nitrogen and oxygen atoms in total. The highest BCUT2D eigenvalue weighted by Gasteiger charge is 2.57. The topological polar surface area (TPSA) is 43.4 Å². The van der Waals surface area contributed by atoms with Crippen LogP contribution < -0.4 is 0 Å². The minimum absolute atomic E-state index is 0.0733. The highest BCUT2D eigenvalue weighted by Crippen LogP contribution is 2.59. The molecule has 0 aromatic carbocycles. The predicted octanol–water partition coefficient (Wildman–Crippen LogP) is 2.19. The summed E-state index contributed by atoms with van der Waals surface area (Å²) in [6.45, 7) is 6.54. The van der Waals surface area contributed by atoms with E-state index in [0.717, 1.165) is 12.8 Å². The van der Waals surface area contributed by atoms with Crippen LogP contribution in [-0.4, -0.2) is 18.4 Å². The van der Waals surface area contributed by atoms with E-state index in [0.29, 0.717) is 18.3 Å². The average molecular weight is 224 g/mol. The number of Topliss-reactive ketones (excluding diaryl/α,β-unsaturated/α-hetero) is 1. The van der Waals surface area contributed by atoms with Crippen molar-refractivity contribution in [1.82, 2.24) is 0 Å². The first-order valence-electron chi connectivity index (χ1n) is 6.16. The Morgan fingerprint density at radius 2 is 2.12 bits per heavy atom. The number of esters is 1. The fraction of sp³-hybridized carbons (Fsp3) is 0.846. The molecule has 0 radical (unpaired) electrons. The van der Waals surface area contributed by atoms with Crippen molar-refractivity contribution in [2.24, 2.45) is 23.2 Å². The maximum Gasteiger partial charge on any atom is 0.306 e. The third-order valence-corrected chi connectivity index (χ3v) is 4.50. The highest BCUT2D eigenvalue weighted by atomic mass is 16.5. The van der Waals surface area contributed by atoms with Gasteiger partial charge in [-0.3, -0.25) is 9.59 Å². The van der Waals surface area contributed by atoms with Gasteiger partial charge >= 0.3 is 5.97 Å². The number of ether oxygens (including phenoxy) is 1. The van der Waals surface area contributed by atoms with Gasteiger partial charge in [-0.25, -0.2) is 0 Å². The van der Waals surface area contributed by atoms with Crippen LogP contribution in [0.4, 0.5) is 0 Å². The second-order valence-electron chi connectivity index (χ2n) is 5.65. The van der Waals surface area contributed by atoms with Gasteiger partial charge in [0.1, 0.15) is 5.78 Å². The van der Waals surface area contributed by atoms with Crippen LogP contribution in [0.3, 0.4) is 0 Å². The molecule has 0 saturated heterocycles. The molecular weight excluding hydrogens is 204 g/mol. The summed E-state index contributed by atoms with van der Waals surface area (Å²) < 4.78 is 4.90. The molecule has 0 amide bonds. The first-order chi connectivity index (χ1) is 7.46. The predicted molar refractivity (Wildman–Crippen MR) is 59.7 cm³/mol. The normalized spacial score (nSPS) is 35.4. The van der Waals surface area contributed by atoms with Crippen molar-refractivity contribution in [3.05, 3.63) is 0 Å². The number of hydrogen-bond acceptors (Lipinski definition) is 3. The fourth-order valence-electron chi connectivity index (χ4n) is 3.25. The monoisotopic (exact) mass is 224 g/mol. The summed E-state index contributed by atoms with van der Waals surface area (Å²) in [5.41, 5.74) is 0.169. The number of ketones is 1. The third-order valence-electron chi connectivity index (χ3n) is 4.50. The molecule has 0 aromatic rings. The summed E-state index contributed by atoms with van der Waals surface area (Å²) in [6.07, 6.45) is 2.20. The van der Waals surface area contributed by atoms with Gasteiger partial charge in [-0.1, -0.05) is 13.8 Å². The molecule has 3 fully saturated rings. The fourth-order valence-corrected chi connectivity index (χ4v) is 3.25. The van der Waals surface area contributed by atoms with E-state index < -0.39 is 0 Å². The van der Waals surface area contributed by atoms with Crippen molar-refractivity contribution in [3.8, 4) is 0 Å². The number of carbonyl (C=O) groups excluding carboxylic acids is 2. The first-order valence-corrected chi connectivity index (χ1v) is 6.16. The Balaban J connectivity index is 1.96. The van der Waals surface area contributed by atoms with E-state index in [9.17, 15) is 9.59 Å². The second-order valence-corrected chi connectivity index (χ2v) is 5.65. The van der Waals surface area contributed by atoms with Crippen LogP contribution in [0.15, 0.2) is 0 Å². The number of rotatable bonds is 3. The summed E-state index contributed by atoms with van der Waals surface area (Å²) in [6, 6.07) is 0. The summed E-state index contributed by atoms with van der Waals surface area (Å²) in [7, 11) is 0. The third kappa shape index (κ3) is 1.66. The Morgan fingerprint density at radius 3 is 2.62 bits per heavy atom. The van der Waals surface area contributed by atoms with Gasteiger partial charge in [0.05, 0.1) is 13.0 Å². The van der Waals surface area contributed by atoms with E-state index in [4.69, 9.17) is 4.74 Å². The van der Waals surface area contributed by atoms with Crippen molar-refractivity contribution < 1.29 is 14.3 Å². The van der Waals surface area contributed by atoms with Gasteiger partial charge in [0.2, 0.25) is 0 Å². The average Bonchev–Trinajstić information content (AvgIpc) is 2.20. The van der Waals surface area contributed by atoms with Crippen molar-refractivity contribution in [1.29, 1.82) is 0 Å². The second kappa shape index (κ2) is 3.86. The molecule has 3 aliphatic carbocycles. The largest absolute Gasteiger partial charge is 0.466 e. The minimum Gasteiger partial charge on any atom is -0.466 e. The van der Waals surface area contributed by atoms with E-state index >= 15 is 0 Å². The van der Waals surface area contributed by atoms with Gasteiger partial charge in [-0.05, 0) is 31.1 Å². The Kier molecular flexibility index (Phi) is 2.81. The molecule has 3 aliphatic rings. The van der Waals surface area contributed by atoms with Gasteiger partial charge in [-0.2, -0.15) is 0 Å². The molecule has 0 N–H and O–H groups in total. The zero-order valence-corrected chi connectivity index (χ0v) is 10.3. The van der Waals surface area contributed by atoms with Gasteiger partial charge in [0, 0.05) is 11.8 Å². The molecular formula is C13H20O3. The smallest absolute Gasteiger partial charge is 0.306 e. The summed E-state index contributed by atoms with van der Waals surface area (Å²) in [5.74, 6) is 0.802. The molecule has 0 heterocycles. The molecule has 3 rings (SSSR count). The molecule has 16 heavy (non-hydrogen) atoms. The quantitative estimate of drug-likeness (QED) is 0.690. The molecule has 0 spiro atoms. The minimum atomic E-state index is -0.222. The molecule has 90 valence electrons. The van der Waals surface area contributed by atoms with Crippen molar-refractivity contribution in [2.45, 2.75) is 40.0 Å². The van der Waals surface area contributed by atoms with Crippen molar-refractivity contribution in [3.63, 3.8) is 0 Å². The molecule has 2 bridgehead atoms. The molecule has 3 heteroatoms. The SMILES string of the molecule is CCOC(=O)C[C@@H]1C[C@@H]2C[C@H](C1=O)C2(C)C. The number of carbonyl (C=O) groups is 2. The molecule has 3 atom stereocenters. The highest BCUT2D eigenvalue weighted by molar-refractivity contribution is 5.89. The van der Waals surface area contributed by atoms with Crippen LogP contribution in [0.5, 0.6) is 0 Å². The van der Waals surface area contributed by atoms with Crippen LogP contribution in [0.25, 0.3) is 0 Å². The lowest BCUT2D eigenvalue weighted by atomic mass is 9.46. The van der Waals surface area contributed by atoms with Gasteiger partial charge in [0.15, 0.2) is 0 Å². The maximum atomic E-state index is 12.1. The van der Waals surface area contributed by atoms with Crippen LogP contribution >= 0.6 is 0 Å². The van der Waals surface area contributed by atoms with E-state index in [-0.39, 0.29) is 29.6 Å². The zero-order chi connectivity index (χ0) is 11.9. The van der Waals surface area contributed by atoms with Gasteiger partial charge in [-0.15, -0.1) is 0 Å². The lowest BCUT2D eigenvalue weighted by molar-refractivity contribution is -0.162. The molecule has 3 saturated carbocycles. The lowest BCUT2D eigenvalue weighted by Gasteiger charge is -2.57. The van der Waals surface area contributed by atoms with Gasteiger partial charge < -0.3 is 4.74 Å². The number of hydrogen-bond donors (Lipinski definition) is 0. The summed E-state index contributed by atoms with van der Waals surface area (Å²) in [5, 5.41) is 0. The lowest BCUT2D eigenvalue weighted by Crippen LogP contribution is -2.56. The zero-order valence-electron chi connectivity index (χ0n) is 10.3. The number of fused-ring (bicyclic) bond motifs is 2. The van der Waals surface area contributed by atoms with Crippen LogP contribution in [0, 0.1) is 23.2 Å². The van der Waals surface area contributed by atoms with Crippen LogP contribution in [0.2, 0.25) is 0 Å².